The lowest BCUT2D eigenvalue weighted by Crippen LogP contribution is -2.48. The van der Waals surface area contributed by atoms with Crippen LogP contribution in [0.2, 0.25) is 0 Å². The highest BCUT2D eigenvalue weighted by molar-refractivity contribution is 6.06. The Hall–Kier alpha value is -3.22. The minimum Gasteiger partial charge on any atom is -0.486 e. The molecule has 146 valence electrons. The Morgan fingerprint density at radius 2 is 1.86 bits per heavy atom. The summed E-state index contributed by atoms with van der Waals surface area (Å²) in [4.78, 5) is 27.0. The van der Waals surface area contributed by atoms with E-state index in [4.69, 9.17) is 14.2 Å². The van der Waals surface area contributed by atoms with Gasteiger partial charge >= 0.3 is 0 Å². The summed E-state index contributed by atoms with van der Waals surface area (Å²) in [5, 5.41) is 2.83. The number of fused-ring (bicyclic) bond motifs is 2. The molecule has 4 rings (SSSR count). The van der Waals surface area contributed by atoms with Crippen molar-refractivity contribution in [2.24, 2.45) is 0 Å². The first-order valence-electron chi connectivity index (χ1n) is 9.33. The number of aryl methyl sites for hydroxylation is 1. The lowest BCUT2D eigenvalue weighted by atomic mass is 10.1. The van der Waals surface area contributed by atoms with Crippen LogP contribution in [0.4, 0.5) is 11.4 Å². The number of nitrogens with one attached hydrogen (secondary N) is 1. The maximum atomic E-state index is 12.8. The summed E-state index contributed by atoms with van der Waals surface area (Å²) in [6.07, 6.45) is -0.0517. The van der Waals surface area contributed by atoms with Crippen LogP contribution in [0.15, 0.2) is 36.4 Å². The highest BCUT2D eigenvalue weighted by Gasteiger charge is 2.34. The Bertz CT molecular complexity index is 927. The lowest BCUT2D eigenvalue weighted by Gasteiger charge is -2.34. The van der Waals surface area contributed by atoms with Gasteiger partial charge < -0.3 is 19.5 Å². The molecule has 0 bridgehead atoms. The predicted octanol–water partition coefficient (Wildman–Crippen LogP) is 2.91. The van der Waals surface area contributed by atoms with Crippen molar-refractivity contribution in [1.29, 1.82) is 0 Å². The molecule has 2 aliphatic rings. The zero-order chi connectivity index (χ0) is 19.7. The monoisotopic (exact) mass is 382 g/mol. The van der Waals surface area contributed by atoms with E-state index in [1.54, 1.807) is 18.2 Å². The highest BCUT2D eigenvalue weighted by Crippen LogP contribution is 2.36. The molecule has 2 amide bonds. The normalized spacial score (nSPS) is 17.6. The van der Waals surface area contributed by atoms with Gasteiger partial charge in [-0.2, -0.15) is 0 Å². The number of benzene rings is 2. The molecule has 7 nitrogen and oxygen atoms in total. The van der Waals surface area contributed by atoms with Crippen LogP contribution < -0.4 is 24.4 Å². The van der Waals surface area contributed by atoms with Gasteiger partial charge in [0.05, 0.1) is 5.69 Å². The smallest absolute Gasteiger partial charge is 0.268 e. The molecule has 0 unspecified atom stereocenters. The van der Waals surface area contributed by atoms with Gasteiger partial charge in [0, 0.05) is 11.8 Å². The SMILES string of the molecule is CC[C@H]1Oc2ccc(C)cc2N(CC(=O)Nc2ccc3c(c2)OCCO3)C1=O. The van der Waals surface area contributed by atoms with Crippen molar-refractivity contribution in [3.05, 3.63) is 42.0 Å². The molecule has 2 aliphatic heterocycles. The van der Waals surface area contributed by atoms with Crippen molar-refractivity contribution in [2.45, 2.75) is 26.4 Å². The van der Waals surface area contributed by atoms with Gasteiger partial charge in [0.15, 0.2) is 17.6 Å². The lowest BCUT2D eigenvalue weighted by molar-refractivity contribution is -0.128. The van der Waals surface area contributed by atoms with Crippen molar-refractivity contribution in [3.8, 4) is 17.2 Å². The van der Waals surface area contributed by atoms with E-state index in [0.717, 1.165) is 5.56 Å². The topological polar surface area (TPSA) is 77.1 Å². The quantitative estimate of drug-likeness (QED) is 0.880. The molecule has 0 aliphatic carbocycles. The average molecular weight is 382 g/mol. The van der Waals surface area contributed by atoms with E-state index in [2.05, 4.69) is 5.32 Å². The molecular formula is C21H22N2O5. The number of carbonyl (C=O) groups excluding carboxylic acids is 2. The van der Waals surface area contributed by atoms with Crippen LogP contribution in [0, 0.1) is 6.92 Å². The van der Waals surface area contributed by atoms with E-state index in [0.29, 0.717) is 48.3 Å². The number of amides is 2. The molecule has 1 atom stereocenters. The van der Waals surface area contributed by atoms with Crippen LogP contribution in [0.25, 0.3) is 0 Å². The number of hydrogen-bond acceptors (Lipinski definition) is 5. The van der Waals surface area contributed by atoms with Crippen molar-refractivity contribution in [3.63, 3.8) is 0 Å². The van der Waals surface area contributed by atoms with E-state index in [9.17, 15) is 9.59 Å². The minimum atomic E-state index is -0.586. The van der Waals surface area contributed by atoms with E-state index in [1.807, 2.05) is 32.0 Å². The third-order valence-corrected chi connectivity index (χ3v) is 4.71. The Labute approximate surface area is 163 Å². The van der Waals surface area contributed by atoms with Gasteiger partial charge in [-0.05, 0) is 43.2 Å². The number of carbonyl (C=O) groups is 2. The van der Waals surface area contributed by atoms with Gasteiger partial charge in [0.2, 0.25) is 5.91 Å². The minimum absolute atomic E-state index is 0.0937. The van der Waals surface area contributed by atoms with Crippen molar-refractivity contribution in [2.75, 3.05) is 30.0 Å². The molecule has 0 radical (unpaired) electrons. The summed E-state index contributed by atoms with van der Waals surface area (Å²) in [7, 11) is 0. The third kappa shape index (κ3) is 3.47. The highest BCUT2D eigenvalue weighted by atomic mass is 16.6. The molecule has 0 spiro atoms. The largest absolute Gasteiger partial charge is 0.486 e. The number of nitrogens with zero attached hydrogens (tertiary/aromatic N) is 1. The number of ether oxygens (including phenoxy) is 3. The second-order valence-electron chi connectivity index (χ2n) is 6.82. The van der Waals surface area contributed by atoms with Crippen molar-refractivity contribution < 1.29 is 23.8 Å². The molecule has 2 heterocycles. The maximum Gasteiger partial charge on any atom is 0.268 e. The molecule has 2 aromatic rings. The molecule has 0 saturated heterocycles. The molecular weight excluding hydrogens is 360 g/mol. The van der Waals surface area contributed by atoms with E-state index in [-0.39, 0.29) is 18.4 Å². The van der Waals surface area contributed by atoms with E-state index < -0.39 is 6.10 Å². The number of rotatable bonds is 4. The fourth-order valence-corrected chi connectivity index (χ4v) is 3.32. The third-order valence-electron chi connectivity index (χ3n) is 4.71. The molecule has 0 saturated carbocycles. The Morgan fingerprint density at radius 3 is 2.64 bits per heavy atom. The second-order valence-corrected chi connectivity index (χ2v) is 6.82. The molecule has 28 heavy (non-hydrogen) atoms. The van der Waals surface area contributed by atoms with E-state index >= 15 is 0 Å². The van der Waals surface area contributed by atoms with Gasteiger partial charge in [-0.1, -0.05) is 13.0 Å². The Kier molecular flexibility index (Phi) is 4.81. The van der Waals surface area contributed by atoms with Crippen molar-refractivity contribution in [1.82, 2.24) is 0 Å². The first-order chi connectivity index (χ1) is 13.5. The molecule has 7 heteroatoms. The molecule has 0 aromatic heterocycles. The van der Waals surface area contributed by atoms with Crippen LogP contribution in [-0.2, 0) is 9.59 Å². The summed E-state index contributed by atoms with van der Waals surface area (Å²) in [5.41, 5.74) is 2.20. The van der Waals surface area contributed by atoms with Gasteiger partial charge in [-0.15, -0.1) is 0 Å². The summed E-state index contributed by atoms with van der Waals surface area (Å²) in [6.45, 7) is 4.71. The summed E-state index contributed by atoms with van der Waals surface area (Å²) in [6, 6.07) is 10.9. The fraction of sp³-hybridized carbons (Fsp3) is 0.333. The zero-order valence-corrected chi connectivity index (χ0v) is 15.9. The van der Waals surface area contributed by atoms with Crippen LogP contribution in [-0.4, -0.2) is 37.7 Å². The number of anilines is 2. The summed E-state index contributed by atoms with van der Waals surface area (Å²) < 4.78 is 16.8. The standard InChI is InChI=1S/C21H22N2O5/c1-3-16-21(25)23(15-10-13(2)4-6-17(15)28-16)12-20(24)22-14-5-7-18-19(11-14)27-9-8-26-18/h4-7,10-11,16H,3,8-9,12H2,1-2H3,(H,22,24)/t16-/m1/s1. The second kappa shape index (κ2) is 7.42. The van der Waals surface area contributed by atoms with Crippen LogP contribution in [0.5, 0.6) is 17.2 Å². The Morgan fingerprint density at radius 1 is 1.11 bits per heavy atom. The first-order valence-corrected chi connectivity index (χ1v) is 9.33. The molecule has 0 fully saturated rings. The maximum absolute atomic E-state index is 12.8. The molecule has 1 N–H and O–H groups in total. The fourth-order valence-electron chi connectivity index (χ4n) is 3.32. The van der Waals surface area contributed by atoms with Gasteiger partial charge in [-0.25, -0.2) is 0 Å². The summed E-state index contributed by atoms with van der Waals surface area (Å²) >= 11 is 0. The molecule has 2 aromatic carbocycles. The van der Waals surface area contributed by atoms with E-state index in [1.165, 1.54) is 4.90 Å². The van der Waals surface area contributed by atoms with Crippen LogP contribution in [0.1, 0.15) is 18.9 Å². The zero-order valence-electron chi connectivity index (χ0n) is 15.9. The van der Waals surface area contributed by atoms with Crippen LogP contribution >= 0.6 is 0 Å². The Balaban J connectivity index is 1.53. The van der Waals surface area contributed by atoms with Gasteiger partial charge in [-0.3, -0.25) is 14.5 Å². The van der Waals surface area contributed by atoms with Gasteiger partial charge in [0.25, 0.3) is 5.91 Å². The first kappa shape index (κ1) is 18.2. The van der Waals surface area contributed by atoms with Crippen molar-refractivity contribution >= 4 is 23.2 Å². The summed E-state index contributed by atoms with van der Waals surface area (Å²) in [5.74, 6) is 1.36. The average Bonchev–Trinajstić information content (AvgIpc) is 2.70. The van der Waals surface area contributed by atoms with Gasteiger partial charge in [0.1, 0.15) is 25.5 Å². The predicted molar refractivity (Wildman–Crippen MR) is 104 cm³/mol. The van der Waals surface area contributed by atoms with Crippen LogP contribution in [0.3, 0.4) is 0 Å². The number of hydrogen-bond donors (Lipinski definition) is 1.